The summed E-state index contributed by atoms with van der Waals surface area (Å²) in [6, 6.07) is 16.6. The summed E-state index contributed by atoms with van der Waals surface area (Å²) in [7, 11) is -3.72. The number of nitrogens with zero attached hydrogens (tertiary/aromatic N) is 1. The van der Waals surface area contributed by atoms with Gasteiger partial charge in [0.2, 0.25) is 10.0 Å². The molecular formula is C22H22N2O3S. The van der Waals surface area contributed by atoms with Crippen LogP contribution in [-0.2, 0) is 16.4 Å². The Morgan fingerprint density at radius 1 is 1.04 bits per heavy atom. The summed E-state index contributed by atoms with van der Waals surface area (Å²) < 4.78 is 29.3. The maximum Gasteiger partial charge on any atom is 0.238 e. The van der Waals surface area contributed by atoms with Gasteiger partial charge >= 0.3 is 0 Å². The fraction of sp³-hybridized carbons (Fsp3) is 0.227. The first-order valence-electron chi connectivity index (χ1n) is 9.32. The zero-order chi connectivity index (χ0) is 19.6. The van der Waals surface area contributed by atoms with E-state index in [4.69, 9.17) is 14.5 Å². The fourth-order valence-corrected chi connectivity index (χ4v) is 4.06. The van der Waals surface area contributed by atoms with E-state index in [0.29, 0.717) is 12.3 Å². The zero-order valence-corrected chi connectivity index (χ0v) is 16.2. The van der Waals surface area contributed by atoms with Crippen LogP contribution >= 0.6 is 0 Å². The van der Waals surface area contributed by atoms with Crippen LogP contribution in [0.2, 0.25) is 0 Å². The van der Waals surface area contributed by atoms with Crippen molar-refractivity contribution in [1.29, 1.82) is 0 Å². The smallest absolute Gasteiger partial charge is 0.238 e. The van der Waals surface area contributed by atoms with Crippen LogP contribution < -0.4 is 5.14 Å². The number of hydrogen-bond donors (Lipinski definition) is 1. The number of aromatic nitrogens is 1. The highest BCUT2D eigenvalue weighted by atomic mass is 32.2. The number of primary sulfonamides is 1. The summed E-state index contributed by atoms with van der Waals surface area (Å²) in [6.07, 6.45) is 7.94. The topological polar surface area (TPSA) is 86.2 Å². The molecule has 1 aliphatic carbocycles. The van der Waals surface area contributed by atoms with Gasteiger partial charge in [-0.2, -0.15) is 0 Å². The molecule has 2 aromatic carbocycles. The molecule has 0 saturated heterocycles. The molecule has 0 aliphatic heterocycles. The normalized spacial score (nSPS) is 17.0. The van der Waals surface area contributed by atoms with Crippen LogP contribution in [0.25, 0.3) is 11.3 Å². The molecule has 1 heterocycles. The van der Waals surface area contributed by atoms with E-state index in [1.165, 1.54) is 12.1 Å². The van der Waals surface area contributed by atoms with E-state index < -0.39 is 10.0 Å². The molecule has 1 aliphatic rings. The van der Waals surface area contributed by atoms with Crippen LogP contribution in [0.5, 0.6) is 0 Å². The average molecular weight is 394 g/mol. The van der Waals surface area contributed by atoms with Gasteiger partial charge in [-0.05, 0) is 37.0 Å². The van der Waals surface area contributed by atoms with E-state index in [-0.39, 0.29) is 10.8 Å². The van der Waals surface area contributed by atoms with Gasteiger partial charge in [0.05, 0.1) is 4.90 Å². The van der Waals surface area contributed by atoms with Crippen molar-refractivity contribution in [3.8, 4) is 11.3 Å². The molecule has 144 valence electrons. The second-order valence-electron chi connectivity index (χ2n) is 7.03. The number of nitrogens with two attached hydrogens (primary N) is 1. The van der Waals surface area contributed by atoms with Crippen molar-refractivity contribution in [3.63, 3.8) is 0 Å². The van der Waals surface area contributed by atoms with Crippen LogP contribution in [-0.4, -0.2) is 13.4 Å². The minimum atomic E-state index is -3.72. The van der Waals surface area contributed by atoms with E-state index in [2.05, 4.69) is 12.2 Å². The highest BCUT2D eigenvalue weighted by Gasteiger charge is 2.24. The number of allylic oxidation sites excluding steroid dienone is 2. The second-order valence-corrected chi connectivity index (χ2v) is 8.60. The molecule has 0 saturated carbocycles. The predicted molar refractivity (Wildman–Crippen MR) is 108 cm³/mol. The fourth-order valence-electron chi connectivity index (χ4n) is 3.54. The lowest BCUT2D eigenvalue weighted by Crippen LogP contribution is -2.11. The maximum absolute atomic E-state index is 11.5. The predicted octanol–water partition coefficient (Wildman–Crippen LogP) is 4.40. The van der Waals surface area contributed by atoms with Crippen molar-refractivity contribution >= 4 is 10.0 Å². The summed E-state index contributed by atoms with van der Waals surface area (Å²) in [6.45, 7) is 0. The Labute approximate surface area is 165 Å². The molecule has 5 nitrogen and oxygen atoms in total. The molecule has 4 rings (SSSR count). The van der Waals surface area contributed by atoms with Gasteiger partial charge < -0.3 is 4.42 Å². The molecule has 0 amide bonds. The van der Waals surface area contributed by atoms with Crippen molar-refractivity contribution < 1.29 is 12.8 Å². The second kappa shape index (κ2) is 7.73. The van der Waals surface area contributed by atoms with Crippen LogP contribution in [0.3, 0.4) is 0 Å². The molecule has 0 spiro atoms. The van der Waals surface area contributed by atoms with Gasteiger partial charge in [0.25, 0.3) is 0 Å². The minimum Gasteiger partial charge on any atom is -0.444 e. The molecule has 2 N–H and O–H groups in total. The number of rotatable bonds is 5. The Hall–Kier alpha value is -2.70. The van der Waals surface area contributed by atoms with Crippen molar-refractivity contribution in [2.24, 2.45) is 5.14 Å². The molecule has 28 heavy (non-hydrogen) atoms. The largest absolute Gasteiger partial charge is 0.444 e. The Morgan fingerprint density at radius 3 is 2.43 bits per heavy atom. The van der Waals surface area contributed by atoms with Crippen molar-refractivity contribution in [2.75, 3.05) is 0 Å². The van der Waals surface area contributed by atoms with E-state index in [0.717, 1.165) is 41.8 Å². The molecule has 3 aromatic rings. The number of hydrogen-bond acceptors (Lipinski definition) is 4. The zero-order valence-electron chi connectivity index (χ0n) is 15.4. The van der Waals surface area contributed by atoms with Gasteiger partial charge in [-0.1, -0.05) is 54.6 Å². The van der Waals surface area contributed by atoms with Crippen LogP contribution in [0, 0.1) is 0 Å². The first-order chi connectivity index (χ1) is 13.5. The van der Waals surface area contributed by atoms with Crippen LogP contribution in [0.1, 0.15) is 42.4 Å². The molecular weight excluding hydrogens is 372 g/mol. The van der Waals surface area contributed by atoms with E-state index >= 15 is 0 Å². The maximum atomic E-state index is 11.5. The van der Waals surface area contributed by atoms with Gasteiger partial charge in [0.15, 0.2) is 5.89 Å². The van der Waals surface area contributed by atoms with Gasteiger partial charge in [-0.15, -0.1) is 0 Å². The van der Waals surface area contributed by atoms with Crippen molar-refractivity contribution in [2.45, 2.75) is 36.5 Å². The Bertz CT molecular complexity index is 1080. The minimum absolute atomic E-state index is 0.0893. The third-order valence-electron chi connectivity index (χ3n) is 4.99. The van der Waals surface area contributed by atoms with Crippen molar-refractivity contribution in [1.82, 2.24) is 4.98 Å². The number of oxazole rings is 1. The lowest BCUT2D eigenvalue weighted by molar-refractivity contribution is 0.416. The number of sulfonamides is 1. The van der Waals surface area contributed by atoms with Crippen molar-refractivity contribution in [3.05, 3.63) is 84.0 Å². The Kier molecular flexibility index (Phi) is 5.15. The molecule has 0 radical (unpaired) electrons. The Balaban J connectivity index is 1.72. The third kappa shape index (κ3) is 4.08. The summed E-state index contributed by atoms with van der Waals surface area (Å²) in [5.74, 6) is 1.81. The summed E-state index contributed by atoms with van der Waals surface area (Å²) in [5.41, 5.74) is 2.75. The van der Waals surface area contributed by atoms with Gasteiger partial charge in [-0.3, -0.25) is 0 Å². The molecule has 1 atom stereocenters. The van der Waals surface area contributed by atoms with Gasteiger partial charge in [0, 0.05) is 17.9 Å². The van der Waals surface area contributed by atoms with E-state index in [1.54, 1.807) is 12.1 Å². The summed E-state index contributed by atoms with van der Waals surface area (Å²) >= 11 is 0. The highest BCUT2D eigenvalue weighted by molar-refractivity contribution is 7.89. The molecule has 1 unspecified atom stereocenters. The number of benzene rings is 2. The van der Waals surface area contributed by atoms with Gasteiger partial charge in [-0.25, -0.2) is 18.5 Å². The summed E-state index contributed by atoms with van der Waals surface area (Å²) in [5, 5.41) is 5.21. The first-order valence-corrected chi connectivity index (χ1v) is 10.9. The quantitative estimate of drug-likeness (QED) is 0.650. The average Bonchev–Trinajstić information content (AvgIpc) is 3.13. The Morgan fingerprint density at radius 2 is 1.79 bits per heavy atom. The SMILES string of the molecule is NS(=O)(=O)c1ccc(-c2nc(Cc3ccccc3)oc2C2CC=CCC2)cc1. The van der Waals surface area contributed by atoms with Crippen LogP contribution in [0.4, 0.5) is 0 Å². The molecule has 1 aromatic heterocycles. The molecule has 0 bridgehead atoms. The van der Waals surface area contributed by atoms with Gasteiger partial charge in [0.1, 0.15) is 11.5 Å². The highest BCUT2D eigenvalue weighted by Crippen LogP contribution is 2.37. The lowest BCUT2D eigenvalue weighted by atomic mass is 9.90. The summed E-state index contributed by atoms with van der Waals surface area (Å²) in [4.78, 5) is 4.86. The van der Waals surface area contributed by atoms with E-state index in [1.807, 2.05) is 30.3 Å². The monoisotopic (exact) mass is 394 g/mol. The first kappa shape index (κ1) is 18.7. The third-order valence-corrected chi connectivity index (χ3v) is 5.92. The van der Waals surface area contributed by atoms with E-state index in [9.17, 15) is 8.42 Å². The molecule has 6 heteroatoms. The van der Waals surface area contributed by atoms with Crippen LogP contribution in [0.15, 0.2) is 76.1 Å². The lowest BCUT2D eigenvalue weighted by Gasteiger charge is -2.16. The molecule has 0 fully saturated rings. The standard InChI is InChI=1S/C22H22N2O3S/c23-28(25,26)19-13-11-17(12-14-19)21-22(18-9-5-2-6-10-18)27-20(24-21)15-16-7-3-1-4-8-16/h1-5,7-8,11-14,18H,6,9-10,15H2,(H2,23,25,26).